The molecule has 2 heterocycles. The zero-order chi connectivity index (χ0) is 20.3. The van der Waals surface area contributed by atoms with Gasteiger partial charge in [0.2, 0.25) is 11.8 Å². The average molecular weight is 396 g/mol. The van der Waals surface area contributed by atoms with Gasteiger partial charge in [0.1, 0.15) is 12.6 Å². The first kappa shape index (κ1) is 20.1. The van der Waals surface area contributed by atoms with E-state index in [4.69, 9.17) is 0 Å². The van der Waals surface area contributed by atoms with Crippen LogP contribution in [-0.4, -0.2) is 18.4 Å². The Bertz CT molecular complexity index is 903. The Morgan fingerprint density at radius 3 is 2.61 bits per heavy atom. The van der Waals surface area contributed by atoms with Gasteiger partial charge in [-0.1, -0.05) is 45.0 Å². The van der Waals surface area contributed by atoms with E-state index >= 15 is 0 Å². The van der Waals surface area contributed by atoms with Crippen molar-refractivity contribution in [2.75, 3.05) is 11.4 Å². The molecule has 0 aliphatic carbocycles. The van der Waals surface area contributed by atoms with Crippen LogP contribution in [0, 0.1) is 11.3 Å². The lowest BCUT2D eigenvalue weighted by molar-refractivity contribution is -0.124. The highest BCUT2D eigenvalue weighted by atomic mass is 32.1. The maximum absolute atomic E-state index is 12.6. The zero-order valence-electron chi connectivity index (χ0n) is 16.5. The number of nitrogens with one attached hydrogen (secondary N) is 1. The van der Waals surface area contributed by atoms with E-state index in [0.717, 1.165) is 29.0 Å². The zero-order valence-corrected chi connectivity index (χ0v) is 17.3. The maximum atomic E-state index is 12.6. The van der Waals surface area contributed by atoms with Crippen molar-refractivity contribution in [3.05, 3.63) is 51.7 Å². The van der Waals surface area contributed by atoms with Gasteiger partial charge >= 0.3 is 0 Å². The van der Waals surface area contributed by atoms with Crippen molar-refractivity contribution in [1.82, 2.24) is 5.32 Å². The molecule has 146 valence electrons. The van der Waals surface area contributed by atoms with Crippen molar-refractivity contribution in [1.29, 1.82) is 5.26 Å². The SMILES string of the molecule is CC(C)(C)c1ccc(C(C#N)NC(=O)CN2C(=O)CCCc3sccc32)cc1. The number of hydrogen-bond acceptors (Lipinski definition) is 4. The molecule has 1 atom stereocenters. The Labute approximate surface area is 170 Å². The number of aryl methyl sites for hydroxylation is 1. The van der Waals surface area contributed by atoms with Crippen molar-refractivity contribution in [3.8, 4) is 6.07 Å². The monoisotopic (exact) mass is 395 g/mol. The van der Waals surface area contributed by atoms with Gasteiger partial charge in [-0.15, -0.1) is 11.3 Å². The summed E-state index contributed by atoms with van der Waals surface area (Å²) in [6, 6.07) is 11.0. The highest BCUT2D eigenvalue weighted by Gasteiger charge is 2.26. The number of rotatable bonds is 4. The molecule has 0 fully saturated rings. The summed E-state index contributed by atoms with van der Waals surface area (Å²) in [7, 11) is 0. The summed E-state index contributed by atoms with van der Waals surface area (Å²) in [6.07, 6.45) is 2.09. The molecule has 3 rings (SSSR count). The molecule has 1 aliphatic rings. The van der Waals surface area contributed by atoms with Crippen LogP contribution >= 0.6 is 11.3 Å². The maximum Gasteiger partial charge on any atom is 0.241 e. The number of nitriles is 1. The predicted octanol–water partition coefficient (Wildman–Crippen LogP) is 4.10. The lowest BCUT2D eigenvalue weighted by Crippen LogP contribution is -2.41. The van der Waals surface area contributed by atoms with Crippen LogP contribution in [0.25, 0.3) is 0 Å². The normalized spacial score (nSPS) is 15.4. The summed E-state index contributed by atoms with van der Waals surface area (Å²) in [5.41, 5.74) is 2.75. The summed E-state index contributed by atoms with van der Waals surface area (Å²) in [5, 5.41) is 14.3. The molecular weight excluding hydrogens is 370 g/mol. The first-order chi connectivity index (χ1) is 13.3. The Kier molecular flexibility index (Phi) is 5.85. The van der Waals surface area contributed by atoms with E-state index in [1.807, 2.05) is 35.7 Å². The second-order valence-electron chi connectivity index (χ2n) is 8.06. The quantitative estimate of drug-likeness (QED) is 0.847. The number of thiophene rings is 1. The minimum Gasteiger partial charge on any atom is -0.335 e. The van der Waals surface area contributed by atoms with E-state index in [0.29, 0.717) is 6.42 Å². The van der Waals surface area contributed by atoms with E-state index in [2.05, 4.69) is 32.2 Å². The summed E-state index contributed by atoms with van der Waals surface area (Å²) in [5.74, 6) is -0.380. The highest BCUT2D eigenvalue weighted by Crippen LogP contribution is 2.31. The van der Waals surface area contributed by atoms with Crippen LogP contribution in [0.4, 0.5) is 5.69 Å². The smallest absolute Gasteiger partial charge is 0.241 e. The Morgan fingerprint density at radius 1 is 1.25 bits per heavy atom. The van der Waals surface area contributed by atoms with Gasteiger partial charge in [-0.3, -0.25) is 9.59 Å². The lowest BCUT2D eigenvalue weighted by atomic mass is 9.86. The van der Waals surface area contributed by atoms with Crippen LogP contribution in [0.2, 0.25) is 0 Å². The van der Waals surface area contributed by atoms with E-state index in [1.165, 1.54) is 5.56 Å². The van der Waals surface area contributed by atoms with Gasteiger partial charge in [0, 0.05) is 11.3 Å². The van der Waals surface area contributed by atoms with Crippen LogP contribution in [0.15, 0.2) is 35.7 Å². The fourth-order valence-corrected chi connectivity index (χ4v) is 4.24. The van der Waals surface area contributed by atoms with Crippen molar-refractivity contribution >= 4 is 28.8 Å². The molecule has 1 aromatic carbocycles. The minimum absolute atomic E-state index is 0.0231. The first-order valence-corrected chi connectivity index (χ1v) is 10.3. The molecule has 0 radical (unpaired) electrons. The van der Waals surface area contributed by atoms with Crippen LogP contribution in [0.1, 0.15) is 55.7 Å². The van der Waals surface area contributed by atoms with Gasteiger partial charge in [-0.05, 0) is 40.8 Å². The number of benzene rings is 1. The summed E-state index contributed by atoms with van der Waals surface area (Å²) < 4.78 is 0. The highest BCUT2D eigenvalue weighted by molar-refractivity contribution is 7.10. The molecular formula is C22H25N3O2S. The standard InChI is InChI=1S/C22H25N3O2S/c1-22(2,3)16-9-7-15(8-10-16)17(13-23)24-20(26)14-25-18-11-12-28-19(18)5-4-6-21(25)27/h7-12,17H,4-6,14H2,1-3H3,(H,24,26). The summed E-state index contributed by atoms with van der Waals surface area (Å²) in [4.78, 5) is 27.7. The molecule has 28 heavy (non-hydrogen) atoms. The number of carbonyl (C=O) groups is 2. The van der Waals surface area contributed by atoms with Crippen LogP contribution < -0.4 is 10.2 Å². The van der Waals surface area contributed by atoms with Crippen LogP contribution in [0.5, 0.6) is 0 Å². The van der Waals surface area contributed by atoms with Crippen molar-refractivity contribution < 1.29 is 9.59 Å². The van der Waals surface area contributed by atoms with E-state index in [9.17, 15) is 14.9 Å². The minimum atomic E-state index is -0.745. The number of amides is 2. The molecule has 2 aromatic rings. The van der Waals surface area contributed by atoms with Crippen molar-refractivity contribution in [3.63, 3.8) is 0 Å². The molecule has 1 N–H and O–H groups in total. The van der Waals surface area contributed by atoms with Gasteiger partial charge in [-0.25, -0.2) is 0 Å². The molecule has 1 aliphatic heterocycles. The molecule has 0 saturated heterocycles. The third-order valence-corrected chi connectivity index (χ3v) is 5.92. The number of carbonyl (C=O) groups excluding carboxylic acids is 2. The third kappa shape index (κ3) is 4.42. The number of nitrogens with zero attached hydrogens (tertiary/aromatic N) is 2. The number of hydrogen-bond donors (Lipinski definition) is 1. The first-order valence-electron chi connectivity index (χ1n) is 9.46. The summed E-state index contributed by atoms with van der Waals surface area (Å²) >= 11 is 1.61. The molecule has 1 aromatic heterocycles. The van der Waals surface area contributed by atoms with Gasteiger partial charge in [-0.2, -0.15) is 5.26 Å². The fraction of sp³-hybridized carbons (Fsp3) is 0.409. The van der Waals surface area contributed by atoms with Crippen molar-refractivity contribution in [2.24, 2.45) is 0 Å². The Morgan fingerprint density at radius 2 is 1.96 bits per heavy atom. The Hall–Kier alpha value is -2.65. The summed E-state index contributed by atoms with van der Waals surface area (Å²) in [6.45, 7) is 6.31. The fourth-order valence-electron chi connectivity index (χ4n) is 3.32. The largest absolute Gasteiger partial charge is 0.335 e. The molecule has 2 amide bonds. The molecule has 6 heteroatoms. The van der Waals surface area contributed by atoms with Gasteiger partial charge < -0.3 is 10.2 Å². The van der Waals surface area contributed by atoms with E-state index in [-0.39, 0.29) is 23.8 Å². The van der Waals surface area contributed by atoms with Crippen LogP contribution in [0.3, 0.4) is 0 Å². The predicted molar refractivity (Wildman–Crippen MR) is 111 cm³/mol. The molecule has 0 spiro atoms. The second kappa shape index (κ2) is 8.15. The van der Waals surface area contributed by atoms with Gasteiger partial charge in [0.15, 0.2) is 0 Å². The van der Waals surface area contributed by atoms with Gasteiger partial charge in [0.25, 0.3) is 0 Å². The van der Waals surface area contributed by atoms with Gasteiger partial charge in [0.05, 0.1) is 11.8 Å². The Balaban J connectivity index is 1.71. The average Bonchev–Trinajstić information content (AvgIpc) is 3.06. The topological polar surface area (TPSA) is 73.2 Å². The second-order valence-corrected chi connectivity index (χ2v) is 9.06. The third-order valence-electron chi connectivity index (χ3n) is 4.95. The molecule has 0 bridgehead atoms. The van der Waals surface area contributed by atoms with E-state index in [1.54, 1.807) is 16.2 Å². The lowest BCUT2D eigenvalue weighted by Gasteiger charge is -2.22. The van der Waals surface area contributed by atoms with E-state index < -0.39 is 6.04 Å². The molecule has 1 unspecified atom stereocenters. The number of fused-ring (bicyclic) bond motifs is 1. The molecule has 0 saturated carbocycles. The van der Waals surface area contributed by atoms with Crippen LogP contribution in [-0.2, 0) is 21.4 Å². The number of anilines is 1. The molecule has 5 nitrogen and oxygen atoms in total. The van der Waals surface area contributed by atoms with Crippen molar-refractivity contribution in [2.45, 2.75) is 51.5 Å².